The van der Waals surface area contributed by atoms with Crippen molar-refractivity contribution in [3.63, 3.8) is 0 Å². The molecule has 0 saturated heterocycles. The number of H-pyrrole nitrogens is 1. The minimum Gasteiger partial charge on any atom is -0.387 e. The average molecular weight is 328 g/mol. The third kappa shape index (κ3) is 4.20. The Morgan fingerprint density at radius 3 is 2.57 bits per heavy atom. The molecule has 21 heavy (non-hydrogen) atoms. The number of nitrogens with one attached hydrogen (secondary N) is 2. The van der Waals surface area contributed by atoms with E-state index in [9.17, 15) is 9.90 Å². The number of benzene rings is 1. The first-order valence-electron chi connectivity index (χ1n) is 6.46. The molecule has 0 aliphatic heterocycles. The lowest BCUT2D eigenvalue weighted by Gasteiger charge is -2.12. The molecule has 112 valence electrons. The van der Waals surface area contributed by atoms with Crippen LogP contribution in [0, 0.1) is 0 Å². The molecule has 1 aromatic carbocycles. The third-order valence-electron chi connectivity index (χ3n) is 2.97. The van der Waals surface area contributed by atoms with Gasteiger partial charge in [0.15, 0.2) is 0 Å². The van der Waals surface area contributed by atoms with E-state index in [1.165, 1.54) is 0 Å². The van der Waals surface area contributed by atoms with Crippen molar-refractivity contribution in [2.24, 2.45) is 0 Å². The summed E-state index contributed by atoms with van der Waals surface area (Å²) in [7, 11) is 0. The van der Waals surface area contributed by atoms with E-state index in [1.807, 2.05) is 6.92 Å². The van der Waals surface area contributed by atoms with E-state index in [1.54, 1.807) is 24.3 Å². The van der Waals surface area contributed by atoms with Crippen molar-refractivity contribution < 1.29 is 9.90 Å². The summed E-state index contributed by atoms with van der Waals surface area (Å²) in [6.07, 6.45) is -0.126. The first-order chi connectivity index (χ1) is 9.99. The molecule has 1 heterocycles. The second kappa shape index (κ2) is 6.93. The zero-order valence-electron chi connectivity index (χ0n) is 11.4. The molecule has 5 nitrogen and oxygen atoms in total. The maximum absolute atomic E-state index is 11.9. The van der Waals surface area contributed by atoms with Gasteiger partial charge < -0.3 is 10.4 Å². The number of aliphatic hydroxyl groups is 1. The van der Waals surface area contributed by atoms with Crippen molar-refractivity contribution in [1.82, 2.24) is 15.5 Å². The predicted octanol–water partition coefficient (Wildman–Crippen LogP) is 2.74. The van der Waals surface area contributed by atoms with Gasteiger partial charge in [0.05, 0.1) is 6.10 Å². The number of aromatic nitrogens is 2. The molecule has 0 fully saturated rings. The SMILES string of the molecule is CCc1cc(C(=O)NCC(O)c2cc(Cl)cc(Cl)c2)n[nH]1. The van der Waals surface area contributed by atoms with E-state index < -0.39 is 6.10 Å². The van der Waals surface area contributed by atoms with Crippen LogP contribution in [0.3, 0.4) is 0 Å². The number of aliphatic hydroxyl groups excluding tert-OH is 1. The van der Waals surface area contributed by atoms with Crippen LogP contribution in [0.2, 0.25) is 10.0 Å². The monoisotopic (exact) mass is 327 g/mol. The maximum atomic E-state index is 11.9. The minimum absolute atomic E-state index is 0.0455. The number of carbonyl (C=O) groups is 1. The van der Waals surface area contributed by atoms with Gasteiger partial charge in [0.2, 0.25) is 0 Å². The van der Waals surface area contributed by atoms with Crippen LogP contribution in [0.4, 0.5) is 0 Å². The topological polar surface area (TPSA) is 78.0 Å². The zero-order valence-corrected chi connectivity index (χ0v) is 12.9. The van der Waals surface area contributed by atoms with Crippen LogP contribution < -0.4 is 5.32 Å². The molecule has 7 heteroatoms. The van der Waals surface area contributed by atoms with Gasteiger partial charge in [-0.3, -0.25) is 9.89 Å². The van der Waals surface area contributed by atoms with Gasteiger partial charge in [-0.15, -0.1) is 0 Å². The van der Waals surface area contributed by atoms with Gasteiger partial charge in [-0.2, -0.15) is 5.10 Å². The highest BCUT2D eigenvalue weighted by molar-refractivity contribution is 6.34. The molecule has 0 bridgehead atoms. The molecular formula is C14H15Cl2N3O2. The second-order valence-corrected chi connectivity index (χ2v) is 5.43. The van der Waals surface area contributed by atoms with Crippen LogP contribution in [-0.2, 0) is 6.42 Å². The summed E-state index contributed by atoms with van der Waals surface area (Å²) in [6, 6.07) is 6.47. The number of carbonyl (C=O) groups excluding carboxylic acids is 1. The van der Waals surface area contributed by atoms with Crippen LogP contribution >= 0.6 is 23.2 Å². The van der Waals surface area contributed by atoms with Crippen molar-refractivity contribution in [2.45, 2.75) is 19.4 Å². The predicted molar refractivity (Wildman–Crippen MR) is 81.7 cm³/mol. The standard InChI is InChI=1S/C14H15Cl2N3O2/c1-2-11-6-12(19-18-11)14(21)17-7-13(20)8-3-9(15)5-10(16)4-8/h3-6,13,20H,2,7H2,1H3,(H,17,21)(H,18,19). The van der Waals surface area contributed by atoms with Crippen LogP contribution in [-0.4, -0.2) is 27.8 Å². The summed E-state index contributed by atoms with van der Waals surface area (Å²) in [5.74, 6) is -0.349. The third-order valence-corrected chi connectivity index (χ3v) is 3.41. The Labute approximate surface area is 132 Å². The summed E-state index contributed by atoms with van der Waals surface area (Å²) in [4.78, 5) is 11.9. The summed E-state index contributed by atoms with van der Waals surface area (Å²) in [5.41, 5.74) is 1.72. The molecule has 1 unspecified atom stereocenters. The van der Waals surface area contributed by atoms with E-state index in [0.717, 1.165) is 12.1 Å². The molecule has 1 atom stereocenters. The molecular weight excluding hydrogens is 313 g/mol. The van der Waals surface area contributed by atoms with Crippen molar-refractivity contribution in [1.29, 1.82) is 0 Å². The van der Waals surface area contributed by atoms with Crippen molar-refractivity contribution in [3.05, 3.63) is 51.3 Å². The largest absolute Gasteiger partial charge is 0.387 e. The van der Waals surface area contributed by atoms with Gasteiger partial charge in [0.25, 0.3) is 5.91 Å². The number of halogens is 2. The first kappa shape index (κ1) is 15.8. The summed E-state index contributed by atoms with van der Waals surface area (Å²) >= 11 is 11.7. The lowest BCUT2D eigenvalue weighted by Crippen LogP contribution is -2.28. The number of hydrogen-bond acceptors (Lipinski definition) is 3. The Hall–Kier alpha value is -1.56. The Balaban J connectivity index is 1.97. The zero-order chi connectivity index (χ0) is 15.4. The normalized spacial score (nSPS) is 12.2. The van der Waals surface area contributed by atoms with E-state index in [-0.39, 0.29) is 12.5 Å². The van der Waals surface area contributed by atoms with Gasteiger partial charge in [-0.25, -0.2) is 0 Å². The minimum atomic E-state index is -0.894. The lowest BCUT2D eigenvalue weighted by molar-refractivity contribution is 0.0911. The Morgan fingerprint density at radius 1 is 1.33 bits per heavy atom. The number of amides is 1. The van der Waals surface area contributed by atoms with Gasteiger partial charge >= 0.3 is 0 Å². The lowest BCUT2D eigenvalue weighted by atomic mass is 10.1. The molecule has 3 N–H and O–H groups in total. The second-order valence-electron chi connectivity index (χ2n) is 4.56. The number of aryl methyl sites for hydroxylation is 1. The van der Waals surface area contributed by atoms with Crippen molar-refractivity contribution in [2.75, 3.05) is 6.54 Å². The molecule has 1 amide bonds. The van der Waals surface area contributed by atoms with Gasteiger partial charge in [0.1, 0.15) is 5.69 Å². The highest BCUT2D eigenvalue weighted by Crippen LogP contribution is 2.23. The Morgan fingerprint density at radius 2 is 2.00 bits per heavy atom. The number of hydrogen-bond donors (Lipinski definition) is 3. The molecule has 0 aliphatic carbocycles. The summed E-state index contributed by atoms with van der Waals surface area (Å²) < 4.78 is 0. The fraction of sp³-hybridized carbons (Fsp3) is 0.286. The van der Waals surface area contributed by atoms with Gasteiger partial charge in [-0.1, -0.05) is 30.1 Å². The van der Waals surface area contributed by atoms with Gasteiger partial charge in [-0.05, 0) is 36.2 Å². The Kier molecular flexibility index (Phi) is 5.22. The van der Waals surface area contributed by atoms with E-state index >= 15 is 0 Å². The first-order valence-corrected chi connectivity index (χ1v) is 7.21. The summed E-state index contributed by atoms with van der Waals surface area (Å²) in [6.45, 7) is 2.01. The fourth-order valence-electron chi connectivity index (χ4n) is 1.82. The van der Waals surface area contributed by atoms with E-state index in [0.29, 0.717) is 21.3 Å². The highest BCUT2D eigenvalue weighted by Gasteiger charge is 2.14. The van der Waals surface area contributed by atoms with Crippen LogP contribution in [0.5, 0.6) is 0 Å². The fourth-order valence-corrected chi connectivity index (χ4v) is 2.37. The molecule has 2 aromatic rings. The van der Waals surface area contributed by atoms with Crippen LogP contribution in [0.15, 0.2) is 24.3 Å². The maximum Gasteiger partial charge on any atom is 0.271 e. The molecule has 0 radical (unpaired) electrons. The quantitative estimate of drug-likeness (QED) is 0.790. The molecule has 1 aromatic heterocycles. The molecule has 0 spiro atoms. The number of aromatic amines is 1. The molecule has 0 saturated carbocycles. The van der Waals surface area contributed by atoms with E-state index in [2.05, 4.69) is 15.5 Å². The van der Waals surface area contributed by atoms with Crippen molar-refractivity contribution in [3.8, 4) is 0 Å². The smallest absolute Gasteiger partial charge is 0.271 e. The van der Waals surface area contributed by atoms with Crippen LogP contribution in [0.1, 0.15) is 34.8 Å². The average Bonchev–Trinajstić information content (AvgIpc) is 2.92. The summed E-state index contributed by atoms with van der Waals surface area (Å²) in [5, 5.41) is 20.2. The molecule has 2 rings (SSSR count). The van der Waals surface area contributed by atoms with Crippen molar-refractivity contribution >= 4 is 29.1 Å². The van der Waals surface area contributed by atoms with Crippen LogP contribution in [0.25, 0.3) is 0 Å². The number of nitrogens with zero attached hydrogens (tertiary/aromatic N) is 1. The molecule has 0 aliphatic rings. The Bertz CT molecular complexity index is 623. The highest BCUT2D eigenvalue weighted by atomic mass is 35.5. The van der Waals surface area contributed by atoms with E-state index in [4.69, 9.17) is 23.2 Å². The number of rotatable bonds is 5. The van der Waals surface area contributed by atoms with Gasteiger partial charge in [0, 0.05) is 22.3 Å².